The molecule has 0 atom stereocenters. The summed E-state index contributed by atoms with van der Waals surface area (Å²) in [4.78, 5) is 44.8. The Morgan fingerprint density at radius 2 is 1.64 bits per heavy atom. The smallest absolute Gasteiger partial charge is 0.433 e. The van der Waals surface area contributed by atoms with Gasteiger partial charge in [-0.25, -0.2) is 9.78 Å². The third-order valence-corrected chi connectivity index (χ3v) is 8.34. The molecule has 14 heteroatoms. The molecule has 3 N–H and O–H groups in total. The highest BCUT2D eigenvalue weighted by atomic mass is 19.4. The summed E-state index contributed by atoms with van der Waals surface area (Å²) < 4.78 is 46.2. The van der Waals surface area contributed by atoms with Crippen molar-refractivity contribution in [2.45, 2.75) is 43.1 Å². The zero-order valence-corrected chi connectivity index (χ0v) is 22.4. The second-order valence-electron chi connectivity index (χ2n) is 11.1. The molecule has 0 unspecified atom stereocenters. The van der Waals surface area contributed by atoms with Crippen LogP contribution in [0.3, 0.4) is 0 Å². The molecule has 1 aromatic carbocycles. The van der Waals surface area contributed by atoms with E-state index in [1.54, 1.807) is 9.58 Å². The maximum atomic E-state index is 13.0. The van der Waals surface area contributed by atoms with Gasteiger partial charge in [-0.2, -0.15) is 18.3 Å². The number of hydrogen-bond acceptors (Lipinski definition) is 7. The van der Waals surface area contributed by atoms with Crippen LogP contribution in [0, 0.1) is 0 Å². The van der Waals surface area contributed by atoms with Gasteiger partial charge in [0.05, 0.1) is 17.4 Å². The third-order valence-electron chi connectivity index (χ3n) is 8.34. The van der Waals surface area contributed by atoms with Crippen LogP contribution in [0.2, 0.25) is 0 Å². The van der Waals surface area contributed by atoms with Crippen molar-refractivity contribution in [2.24, 2.45) is 5.73 Å². The van der Waals surface area contributed by atoms with Gasteiger partial charge in [0.2, 0.25) is 0 Å². The molecule has 2 aromatic heterocycles. The quantitative estimate of drug-likeness (QED) is 0.436. The number of nitrogens with two attached hydrogens (primary N) is 1. The number of halogens is 3. The number of rotatable bonds is 7. The minimum absolute atomic E-state index is 0.00751. The summed E-state index contributed by atoms with van der Waals surface area (Å²) in [6.07, 6.45) is -1.26. The first-order valence-electron chi connectivity index (χ1n) is 13.4. The molecule has 220 valence electrons. The molecule has 11 nitrogen and oxygen atoms in total. The van der Waals surface area contributed by atoms with Gasteiger partial charge in [-0.15, -0.1) is 0 Å². The van der Waals surface area contributed by atoms with Crippen LogP contribution in [0.4, 0.5) is 23.7 Å². The van der Waals surface area contributed by atoms with E-state index in [-0.39, 0.29) is 35.2 Å². The molecule has 3 aromatic rings. The molecule has 3 heterocycles. The van der Waals surface area contributed by atoms with Crippen LogP contribution in [0.25, 0.3) is 0 Å². The molecular weight excluding hydrogens is 555 g/mol. The lowest BCUT2D eigenvalue weighted by Crippen LogP contribution is -2.80. The maximum Gasteiger partial charge on any atom is 0.433 e. The van der Waals surface area contributed by atoms with Gasteiger partial charge in [-0.3, -0.25) is 19.2 Å². The van der Waals surface area contributed by atoms with E-state index in [4.69, 9.17) is 10.5 Å². The highest BCUT2D eigenvalue weighted by Crippen LogP contribution is 2.68. The van der Waals surface area contributed by atoms with Crippen molar-refractivity contribution in [3.8, 4) is 0 Å². The predicted octanol–water partition coefficient (Wildman–Crippen LogP) is 3.23. The zero-order valence-electron chi connectivity index (χ0n) is 22.4. The largest absolute Gasteiger partial charge is 0.445 e. The molecule has 0 spiro atoms. The van der Waals surface area contributed by atoms with E-state index in [0.717, 1.165) is 43.0 Å². The summed E-state index contributed by atoms with van der Waals surface area (Å²) in [5.41, 5.74) is 4.19. The summed E-state index contributed by atoms with van der Waals surface area (Å²) in [5.74, 6) is -1.80. The highest BCUT2D eigenvalue weighted by Gasteiger charge is 2.72. The van der Waals surface area contributed by atoms with Crippen molar-refractivity contribution < 1.29 is 32.3 Å². The lowest BCUT2D eigenvalue weighted by atomic mass is 9.43. The van der Waals surface area contributed by atoms with Crippen LogP contribution in [0.5, 0.6) is 0 Å². The molecule has 42 heavy (non-hydrogen) atoms. The predicted molar refractivity (Wildman–Crippen MR) is 142 cm³/mol. The van der Waals surface area contributed by atoms with E-state index in [9.17, 15) is 27.6 Å². The first kappa shape index (κ1) is 27.7. The molecule has 3 amide bonds. The highest BCUT2D eigenvalue weighted by molar-refractivity contribution is 6.07. The van der Waals surface area contributed by atoms with Gasteiger partial charge in [-0.05, 0) is 37.0 Å². The third kappa shape index (κ3) is 4.95. The van der Waals surface area contributed by atoms with E-state index in [0.29, 0.717) is 26.2 Å². The number of hydrogen-bond donors (Lipinski definition) is 2. The molecule has 1 saturated heterocycles. The van der Waals surface area contributed by atoms with Crippen LogP contribution >= 0.6 is 0 Å². The zero-order chi connectivity index (χ0) is 29.7. The molecule has 4 fully saturated rings. The lowest BCUT2D eigenvalue weighted by molar-refractivity contribution is -0.216. The lowest BCUT2D eigenvalue weighted by Gasteiger charge is -2.74. The maximum absolute atomic E-state index is 13.0. The van der Waals surface area contributed by atoms with Gasteiger partial charge >= 0.3 is 12.3 Å². The minimum Gasteiger partial charge on any atom is -0.445 e. The topological polar surface area (TPSA) is 136 Å². The van der Waals surface area contributed by atoms with Gasteiger partial charge in [0, 0.05) is 31.7 Å². The van der Waals surface area contributed by atoms with Crippen LogP contribution in [-0.4, -0.2) is 74.2 Å². The number of ether oxygens (including phenoxy) is 1. The number of anilines is 1. The second-order valence-corrected chi connectivity index (χ2v) is 11.1. The van der Waals surface area contributed by atoms with Gasteiger partial charge in [0.15, 0.2) is 5.69 Å². The number of nitrogens with one attached hydrogen (secondary N) is 1. The average Bonchev–Trinajstić information content (AvgIpc) is 3.34. The molecule has 3 aliphatic carbocycles. The van der Waals surface area contributed by atoms with Crippen LogP contribution in [-0.2, 0) is 23.1 Å². The number of pyridine rings is 1. The van der Waals surface area contributed by atoms with E-state index in [1.807, 2.05) is 30.3 Å². The Labute approximate surface area is 238 Å². The fourth-order valence-electron chi connectivity index (χ4n) is 6.23. The Bertz CT molecular complexity index is 1510. The number of alkyl halides is 3. The molecule has 7 rings (SSSR count). The normalized spacial score (nSPS) is 23.5. The number of amides is 3. The number of carbonyl (C=O) groups is 3. The number of piperazine rings is 1. The van der Waals surface area contributed by atoms with E-state index in [2.05, 4.69) is 20.3 Å². The van der Waals surface area contributed by atoms with Crippen LogP contribution in [0.15, 0.2) is 54.7 Å². The molecular formula is C28H28F3N7O4. The van der Waals surface area contributed by atoms with E-state index < -0.39 is 29.4 Å². The van der Waals surface area contributed by atoms with Crippen molar-refractivity contribution >= 4 is 23.6 Å². The monoisotopic (exact) mass is 583 g/mol. The summed E-state index contributed by atoms with van der Waals surface area (Å²) in [7, 11) is 0. The van der Waals surface area contributed by atoms with Crippen molar-refractivity contribution in [1.29, 1.82) is 0 Å². The SMILES string of the molecule is NC(=O)c1nn(C23CC(N4CCN(C(=O)OCc5ccccc5)CC4)(C2)C3)cc1NC(=O)c1cccc(C(F)(F)F)n1. The molecule has 4 aliphatic rings. The van der Waals surface area contributed by atoms with Gasteiger partial charge in [-0.1, -0.05) is 36.4 Å². The Hall–Kier alpha value is -4.46. The van der Waals surface area contributed by atoms with Crippen molar-refractivity contribution in [2.75, 3.05) is 31.5 Å². The van der Waals surface area contributed by atoms with Crippen molar-refractivity contribution in [1.82, 2.24) is 24.6 Å². The van der Waals surface area contributed by atoms with E-state index >= 15 is 0 Å². The Morgan fingerprint density at radius 3 is 2.29 bits per heavy atom. The summed E-state index contributed by atoms with van der Waals surface area (Å²) in [5, 5.41) is 6.78. The fourth-order valence-corrected chi connectivity index (χ4v) is 6.23. The second kappa shape index (κ2) is 10.1. The Kier molecular flexibility index (Phi) is 6.67. The summed E-state index contributed by atoms with van der Waals surface area (Å²) >= 11 is 0. The van der Waals surface area contributed by atoms with Crippen LogP contribution < -0.4 is 11.1 Å². The number of carbonyl (C=O) groups excluding carboxylic acids is 3. The average molecular weight is 584 g/mol. The summed E-state index contributed by atoms with van der Waals surface area (Å²) in [6, 6.07) is 12.5. The minimum atomic E-state index is -4.71. The van der Waals surface area contributed by atoms with Gasteiger partial charge < -0.3 is 20.7 Å². The van der Waals surface area contributed by atoms with Gasteiger partial charge in [0.25, 0.3) is 11.8 Å². The van der Waals surface area contributed by atoms with Crippen molar-refractivity contribution in [3.05, 3.63) is 77.4 Å². The number of aromatic nitrogens is 3. The number of primary amides is 1. The molecule has 3 saturated carbocycles. The molecule has 1 aliphatic heterocycles. The number of nitrogens with zero attached hydrogens (tertiary/aromatic N) is 5. The first-order valence-corrected chi connectivity index (χ1v) is 13.4. The Morgan fingerprint density at radius 1 is 0.952 bits per heavy atom. The Balaban J connectivity index is 1.06. The standard InChI is InChI=1S/C28H28F3N7O4/c29-28(30,31)21-8-4-7-19(33-21)24(40)34-20-13-38(35-22(20)23(32)39)27-15-26(16-27,17-27)37-11-9-36(10-12-37)25(41)42-14-18-5-2-1-3-6-18/h1-8,13H,9-12,14-17H2,(H2,32,39)(H,34,40). The first-order chi connectivity index (χ1) is 20.0. The number of benzene rings is 1. The van der Waals surface area contributed by atoms with E-state index in [1.165, 1.54) is 6.20 Å². The summed E-state index contributed by atoms with van der Waals surface area (Å²) in [6.45, 7) is 2.73. The molecule has 0 radical (unpaired) electrons. The van der Waals surface area contributed by atoms with Crippen LogP contribution in [0.1, 0.15) is 51.5 Å². The fraction of sp³-hybridized carbons (Fsp3) is 0.393. The van der Waals surface area contributed by atoms with Crippen molar-refractivity contribution in [3.63, 3.8) is 0 Å². The van der Waals surface area contributed by atoms with Gasteiger partial charge in [0.1, 0.15) is 18.0 Å². The molecule has 2 bridgehead atoms.